The highest BCUT2D eigenvalue weighted by Crippen LogP contribution is 2.16. The van der Waals surface area contributed by atoms with Crippen molar-refractivity contribution in [1.29, 1.82) is 0 Å². The van der Waals surface area contributed by atoms with E-state index in [9.17, 15) is 4.79 Å². The molecule has 0 saturated carbocycles. The van der Waals surface area contributed by atoms with Crippen LogP contribution in [0.5, 0.6) is 5.75 Å². The van der Waals surface area contributed by atoms with E-state index in [1.54, 1.807) is 7.11 Å². The van der Waals surface area contributed by atoms with Crippen molar-refractivity contribution in [2.24, 2.45) is 0 Å². The Labute approximate surface area is 96.0 Å². The number of anilines is 1. The van der Waals surface area contributed by atoms with Crippen molar-refractivity contribution in [3.63, 3.8) is 0 Å². The maximum Gasteiger partial charge on any atom is 0.239 e. The van der Waals surface area contributed by atoms with Crippen LogP contribution in [-0.2, 0) is 4.79 Å². The summed E-state index contributed by atoms with van der Waals surface area (Å²) in [5.74, 6) is 0.781. The van der Waals surface area contributed by atoms with Crippen LogP contribution in [0.25, 0.3) is 0 Å². The van der Waals surface area contributed by atoms with Crippen molar-refractivity contribution < 1.29 is 9.53 Å². The molecule has 0 unspecified atom stereocenters. The number of carbonyl (C=O) groups is 1. The van der Waals surface area contributed by atoms with Crippen molar-refractivity contribution in [3.05, 3.63) is 24.3 Å². The highest BCUT2D eigenvalue weighted by molar-refractivity contribution is 5.80. The molecule has 1 amide bonds. The number of carbonyl (C=O) groups excluding carboxylic acids is 1. The Morgan fingerprint density at radius 1 is 1.44 bits per heavy atom. The fourth-order valence-corrected chi connectivity index (χ4v) is 1.24. The van der Waals surface area contributed by atoms with Crippen LogP contribution in [0.2, 0.25) is 0 Å². The van der Waals surface area contributed by atoms with Crippen LogP contribution in [0.1, 0.15) is 13.3 Å². The fraction of sp³-hybridized carbons (Fsp3) is 0.417. The molecule has 0 fully saturated rings. The van der Waals surface area contributed by atoms with Crippen LogP contribution in [0.4, 0.5) is 5.69 Å². The van der Waals surface area contributed by atoms with Crippen LogP contribution in [-0.4, -0.2) is 26.1 Å². The van der Waals surface area contributed by atoms with Gasteiger partial charge in [-0.2, -0.15) is 0 Å². The molecule has 0 atom stereocenters. The average Bonchev–Trinajstić information content (AvgIpc) is 2.34. The molecular formula is C12H18N2O2. The summed E-state index contributed by atoms with van der Waals surface area (Å²) < 4.78 is 5.09. The molecule has 0 aliphatic carbocycles. The Hall–Kier alpha value is -1.71. The molecule has 4 heteroatoms. The van der Waals surface area contributed by atoms with Crippen molar-refractivity contribution in [2.75, 3.05) is 25.5 Å². The third-order valence-electron chi connectivity index (χ3n) is 2.09. The van der Waals surface area contributed by atoms with Crippen molar-refractivity contribution in [2.45, 2.75) is 13.3 Å². The molecule has 1 aromatic rings. The van der Waals surface area contributed by atoms with Gasteiger partial charge in [-0.1, -0.05) is 13.0 Å². The van der Waals surface area contributed by atoms with Crippen molar-refractivity contribution >= 4 is 11.6 Å². The third-order valence-corrected chi connectivity index (χ3v) is 2.09. The monoisotopic (exact) mass is 222 g/mol. The van der Waals surface area contributed by atoms with Gasteiger partial charge >= 0.3 is 0 Å². The minimum absolute atomic E-state index is 0.00432. The van der Waals surface area contributed by atoms with Gasteiger partial charge in [0, 0.05) is 18.3 Å². The molecule has 2 N–H and O–H groups in total. The van der Waals surface area contributed by atoms with E-state index in [1.807, 2.05) is 31.2 Å². The summed E-state index contributed by atoms with van der Waals surface area (Å²) in [6, 6.07) is 7.50. The van der Waals surface area contributed by atoms with Gasteiger partial charge in [0.2, 0.25) is 5.91 Å². The minimum Gasteiger partial charge on any atom is -0.497 e. The van der Waals surface area contributed by atoms with Gasteiger partial charge in [0.1, 0.15) is 5.75 Å². The summed E-state index contributed by atoms with van der Waals surface area (Å²) in [4.78, 5) is 11.3. The topological polar surface area (TPSA) is 50.4 Å². The summed E-state index contributed by atoms with van der Waals surface area (Å²) >= 11 is 0. The summed E-state index contributed by atoms with van der Waals surface area (Å²) in [7, 11) is 1.62. The molecule has 0 aliphatic rings. The molecule has 16 heavy (non-hydrogen) atoms. The lowest BCUT2D eigenvalue weighted by atomic mass is 10.3. The molecular weight excluding hydrogens is 204 g/mol. The second-order valence-electron chi connectivity index (χ2n) is 3.44. The predicted molar refractivity (Wildman–Crippen MR) is 64.8 cm³/mol. The summed E-state index contributed by atoms with van der Waals surface area (Å²) in [6.07, 6.45) is 0.949. The Morgan fingerprint density at radius 2 is 2.25 bits per heavy atom. The Balaban J connectivity index is 2.38. The average molecular weight is 222 g/mol. The Bertz CT molecular complexity index is 340. The van der Waals surface area contributed by atoms with E-state index in [0.717, 1.165) is 24.4 Å². The highest BCUT2D eigenvalue weighted by Gasteiger charge is 2.00. The van der Waals surface area contributed by atoms with E-state index in [2.05, 4.69) is 10.6 Å². The number of benzene rings is 1. The highest BCUT2D eigenvalue weighted by atomic mass is 16.5. The Morgan fingerprint density at radius 3 is 2.94 bits per heavy atom. The zero-order chi connectivity index (χ0) is 11.8. The van der Waals surface area contributed by atoms with E-state index < -0.39 is 0 Å². The molecule has 0 saturated heterocycles. The van der Waals surface area contributed by atoms with Gasteiger partial charge < -0.3 is 15.4 Å². The lowest BCUT2D eigenvalue weighted by molar-refractivity contribution is -0.119. The zero-order valence-electron chi connectivity index (χ0n) is 9.75. The first kappa shape index (κ1) is 12.4. The van der Waals surface area contributed by atoms with Crippen LogP contribution < -0.4 is 15.4 Å². The predicted octanol–water partition coefficient (Wildman–Crippen LogP) is 1.63. The smallest absolute Gasteiger partial charge is 0.239 e. The fourth-order valence-electron chi connectivity index (χ4n) is 1.24. The number of amides is 1. The van der Waals surface area contributed by atoms with E-state index >= 15 is 0 Å². The van der Waals surface area contributed by atoms with E-state index in [1.165, 1.54) is 0 Å². The maximum absolute atomic E-state index is 11.3. The maximum atomic E-state index is 11.3. The molecule has 0 radical (unpaired) electrons. The Kier molecular flexibility index (Phi) is 5.19. The standard InChI is InChI=1S/C12H18N2O2/c1-3-7-13-12(15)9-14-10-5-4-6-11(8-10)16-2/h4-6,8,14H,3,7,9H2,1-2H3,(H,13,15). The third kappa shape index (κ3) is 4.21. The van der Waals surface area contributed by atoms with E-state index in [-0.39, 0.29) is 12.5 Å². The molecule has 0 aromatic heterocycles. The second-order valence-corrected chi connectivity index (χ2v) is 3.44. The SMILES string of the molecule is CCCNC(=O)CNc1cccc(OC)c1. The van der Waals surface area contributed by atoms with E-state index in [4.69, 9.17) is 4.74 Å². The van der Waals surface area contributed by atoms with Gasteiger partial charge in [-0.15, -0.1) is 0 Å². The number of nitrogens with one attached hydrogen (secondary N) is 2. The molecule has 0 bridgehead atoms. The zero-order valence-corrected chi connectivity index (χ0v) is 9.75. The van der Waals surface area contributed by atoms with Gasteiger partial charge in [0.25, 0.3) is 0 Å². The largest absolute Gasteiger partial charge is 0.497 e. The van der Waals surface area contributed by atoms with Crippen molar-refractivity contribution in [3.8, 4) is 5.75 Å². The number of hydrogen-bond donors (Lipinski definition) is 2. The van der Waals surface area contributed by atoms with Crippen molar-refractivity contribution in [1.82, 2.24) is 5.32 Å². The number of methoxy groups -OCH3 is 1. The molecule has 88 valence electrons. The van der Waals surface area contributed by atoms with Crippen LogP contribution in [0.15, 0.2) is 24.3 Å². The van der Waals surface area contributed by atoms with Crippen LogP contribution in [0.3, 0.4) is 0 Å². The first-order valence-electron chi connectivity index (χ1n) is 5.41. The van der Waals surface area contributed by atoms with Gasteiger partial charge in [-0.05, 0) is 18.6 Å². The number of hydrogen-bond acceptors (Lipinski definition) is 3. The molecule has 1 aromatic carbocycles. The summed E-state index contributed by atoms with van der Waals surface area (Å²) in [5, 5.41) is 5.83. The molecule has 0 spiro atoms. The normalized spacial score (nSPS) is 9.62. The molecule has 0 aliphatic heterocycles. The van der Waals surface area contributed by atoms with Gasteiger partial charge in [-0.25, -0.2) is 0 Å². The van der Waals surface area contributed by atoms with Crippen LogP contribution in [0, 0.1) is 0 Å². The molecule has 0 heterocycles. The molecule has 1 rings (SSSR count). The van der Waals surface area contributed by atoms with Crippen LogP contribution >= 0.6 is 0 Å². The minimum atomic E-state index is 0.00432. The quantitative estimate of drug-likeness (QED) is 0.769. The second kappa shape index (κ2) is 6.71. The lowest BCUT2D eigenvalue weighted by Crippen LogP contribution is -2.30. The first-order valence-corrected chi connectivity index (χ1v) is 5.41. The van der Waals surface area contributed by atoms with Gasteiger partial charge in [0.15, 0.2) is 0 Å². The van der Waals surface area contributed by atoms with Gasteiger partial charge in [-0.3, -0.25) is 4.79 Å². The first-order chi connectivity index (χ1) is 7.76. The lowest BCUT2D eigenvalue weighted by Gasteiger charge is -2.08. The molecule has 4 nitrogen and oxygen atoms in total. The summed E-state index contributed by atoms with van der Waals surface area (Å²) in [6.45, 7) is 3.03. The number of rotatable bonds is 6. The number of ether oxygens (including phenoxy) is 1. The van der Waals surface area contributed by atoms with E-state index in [0.29, 0.717) is 0 Å². The van der Waals surface area contributed by atoms with Gasteiger partial charge in [0.05, 0.1) is 13.7 Å². The summed E-state index contributed by atoms with van der Waals surface area (Å²) in [5.41, 5.74) is 0.881.